The molecule has 2 aliphatic heterocycles. The Morgan fingerprint density at radius 2 is 1.59 bits per heavy atom. The second kappa shape index (κ2) is 10.2. The van der Waals surface area contributed by atoms with Crippen LogP contribution in [0.4, 0.5) is 0 Å². The van der Waals surface area contributed by atoms with Gasteiger partial charge in [0.05, 0.1) is 16.5 Å². The summed E-state index contributed by atoms with van der Waals surface area (Å²) in [4.78, 5) is 26.1. The number of rotatable bonds is 6. The van der Waals surface area contributed by atoms with E-state index >= 15 is 0 Å². The molecule has 240 valence electrons. The highest BCUT2D eigenvalue weighted by atomic mass is 16.5. The van der Waals surface area contributed by atoms with Gasteiger partial charge in [-0.25, -0.2) is 9.59 Å². The first kappa shape index (κ1) is 31.4. The molecule has 2 atom stereocenters. The molecule has 0 unspecified atom stereocenters. The number of hydrogen-bond acceptors (Lipinski definition) is 8. The van der Waals surface area contributed by atoms with Crippen molar-refractivity contribution in [1.82, 2.24) is 0 Å². The van der Waals surface area contributed by atoms with Gasteiger partial charge in [-0.15, -0.1) is 13.2 Å². The Labute approximate surface area is 267 Å². The Morgan fingerprint density at radius 3 is 2.26 bits per heavy atom. The normalized spacial score (nSPS) is 19.9. The summed E-state index contributed by atoms with van der Waals surface area (Å²) < 4.78 is 31.7. The first-order valence-corrected chi connectivity index (χ1v) is 15.4. The maximum absolute atomic E-state index is 13.6. The molecule has 8 nitrogen and oxygen atoms in total. The number of hydrogen-bond donors (Lipinski definition) is 1. The van der Waals surface area contributed by atoms with Crippen molar-refractivity contribution in [1.29, 1.82) is 0 Å². The smallest absolute Gasteiger partial charge is 0.340 e. The van der Waals surface area contributed by atoms with Crippen molar-refractivity contribution in [3.05, 3.63) is 105 Å². The van der Waals surface area contributed by atoms with Gasteiger partial charge in [-0.2, -0.15) is 0 Å². The van der Waals surface area contributed by atoms with Crippen LogP contribution in [0, 0.1) is 0 Å². The zero-order chi connectivity index (χ0) is 33.6. The molecule has 0 amide bonds. The van der Waals surface area contributed by atoms with Crippen molar-refractivity contribution in [2.24, 2.45) is 0 Å². The Bertz CT molecular complexity index is 2090. The molecule has 0 spiro atoms. The number of benzene rings is 2. The van der Waals surface area contributed by atoms with Crippen molar-refractivity contribution in [2.75, 3.05) is 0 Å². The van der Waals surface area contributed by atoms with Gasteiger partial charge >= 0.3 is 11.3 Å². The van der Waals surface area contributed by atoms with Crippen LogP contribution in [-0.4, -0.2) is 22.4 Å². The molecule has 4 aromatic rings. The SMILES string of the molecule is C=CC(C)(C)c1cc2c(O[C@@H]3c4c(ccc5ccc(=O)oc45)OC(C)(C)[C@H]3O)c3c(c(C(C)(C)C=C)c2oc1=O)OC(C)(C)C=C3. The average molecular weight is 625 g/mol. The van der Waals surface area contributed by atoms with Gasteiger partial charge in [-0.1, -0.05) is 39.8 Å². The van der Waals surface area contributed by atoms with Crippen LogP contribution in [0.2, 0.25) is 0 Å². The van der Waals surface area contributed by atoms with Crippen molar-refractivity contribution in [2.45, 2.75) is 89.6 Å². The van der Waals surface area contributed by atoms with Gasteiger partial charge in [0.1, 0.15) is 45.7 Å². The molecular weight excluding hydrogens is 584 g/mol. The number of allylic oxidation sites excluding steroid dienone is 2. The molecule has 0 radical (unpaired) electrons. The predicted octanol–water partition coefficient (Wildman–Crippen LogP) is 7.66. The molecule has 4 heterocycles. The monoisotopic (exact) mass is 624 g/mol. The highest BCUT2D eigenvalue weighted by Crippen LogP contribution is 2.53. The predicted molar refractivity (Wildman–Crippen MR) is 179 cm³/mol. The Balaban J connectivity index is 1.75. The third-order valence-corrected chi connectivity index (χ3v) is 9.20. The summed E-state index contributed by atoms with van der Waals surface area (Å²) in [6.07, 6.45) is 5.06. The fourth-order valence-electron chi connectivity index (χ4n) is 6.13. The standard InChI is InChI=1S/C38H40O8/c1-11-35(3,4)23-19-22-29(21-17-18-37(7,8)46-31(21)27(36(5,6)12-2)30(22)44-34(23)41)43-32-26-24(45-38(9,10)33(32)40)15-13-20-14-16-25(39)42-28(20)26/h11-19,32-33,40H,1-2H2,3-10H3/t32-,33+/m1/s1. The molecule has 0 saturated heterocycles. The van der Waals surface area contributed by atoms with Crippen molar-refractivity contribution in [3.8, 4) is 17.2 Å². The molecule has 0 aliphatic carbocycles. The third-order valence-electron chi connectivity index (χ3n) is 9.20. The second-order valence-electron chi connectivity index (χ2n) is 14.4. The highest BCUT2D eigenvalue weighted by Gasteiger charge is 2.47. The van der Waals surface area contributed by atoms with E-state index in [0.717, 1.165) is 0 Å². The first-order valence-electron chi connectivity index (χ1n) is 15.4. The van der Waals surface area contributed by atoms with Crippen LogP contribution in [0.1, 0.15) is 83.7 Å². The van der Waals surface area contributed by atoms with Crippen LogP contribution in [0.15, 0.2) is 80.1 Å². The van der Waals surface area contributed by atoms with E-state index in [-0.39, 0.29) is 11.2 Å². The van der Waals surface area contributed by atoms with Crippen LogP contribution in [0.3, 0.4) is 0 Å². The number of aliphatic hydroxyl groups is 1. The Hall–Kier alpha value is -4.56. The molecule has 0 fully saturated rings. The lowest BCUT2D eigenvalue weighted by Crippen LogP contribution is -2.50. The van der Waals surface area contributed by atoms with Crippen LogP contribution >= 0.6 is 0 Å². The summed E-state index contributed by atoms with van der Waals surface area (Å²) in [5, 5.41) is 13.0. The van der Waals surface area contributed by atoms with E-state index in [1.807, 2.05) is 53.7 Å². The zero-order valence-corrected chi connectivity index (χ0v) is 27.6. The van der Waals surface area contributed by atoms with E-state index in [4.69, 9.17) is 23.0 Å². The van der Waals surface area contributed by atoms with E-state index in [2.05, 4.69) is 13.2 Å². The summed E-state index contributed by atoms with van der Waals surface area (Å²) in [7, 11) is 0. The van der Waals surface area contributed by atoms with Gasteiger partial charge in [-0.3, -0.25) is 0 Å². The number of aliphatic hydroxyl groups excluding tert-OH is 1. The molecule has 0 bridgehead atoms. The van der Waals surface area contributed by atoms with Gasteiger partial charge in [0.2, 0.25) is 0 Å². The van der Waals surface area contributed by atoms with Crippen molar-refractivity contribution < 1.29 is 28.2 Å². The number of ether oxygens (including phenoxy) is 3. The second-order valence-corrected chi connectivity index (χ2v) is 14.4. The average Bonchev–Trinajstić information content (AvgIpc) is 2.97. The molecule has 6 rings (SSSR count). The van der Waals surface area contributed by atoms with Gasteiger partial charge in [0, 0.05) is 33.4 Å². The maximum atomic E-state index is 13.6. The van der Waals surface area contributed by atoms with E-state index < -0.39 is 45.5 Å². The van der Waals surface area contributed by atoms with Crippen LogP contribution in [-0.2, 0) is 10.8 Å². The zero-order valence-electron chi connectivity index (χ0n) is 27.6. The van der Waals surface area contributed by atoms with Crippen LogP contribution in [0.5, 0.6) is 17.2 Å². The third kappa shape index (κ3) is 4.87. The topological polar surface area (TPSA) is 108 Å². The number of fused-ring (bicyclic) bond motifs is 5. The summed E-state index contributed by atoms with van der Waals surface area (Å²) in [5.41, 5.74) is -1.72. The molecule has 2 aromatic carbocycles. The Morgan fingerprint density at radius 1 is 0.913 bits per heavy atom. The summed E-state index contributed by atoms with van der Waals surface area (Å²) >= 11 is 0. The largest absolute Gasteiger partial charge is 0.484 e. The van der Waals surface area contributed by atoms with Gasteiger partial charge in [0.15, 0.2) is 6.10 Å². The molecule has 0 saturated carbocycles. The van der Waals surface area contributed by atoms with Gasteiger partial charge < -0.3 is 28.2 Å². The first-order chi connectivity index (χ1) is 21.4. The minimum absolute atomic E-state index is 0.250. The van der Waals surface area contributed by atoms with Crippen molar-refractivity contribution >= 4 is 28.0 Å². The quantitative estimate of drug-likeness (QED) is 0.172. The molecule has 46 heavy (non-hydrogen) atoms. The molecule has 8 heteroatoms. The van der Waals surface area contributed by atoms with Crippen molar-refractivity contribution in [3.63, 3.8) is 0 Å². The molecular formula is C38H40O8. The summed E-state index contributed by atoms with van der Waals surface area (Å²) in [6, 6.07) is 8.34. The molecule has 1 N–H and O–H groups in total. The summed E-state index contributed by atoms with van der Waals surface area (Å²) in [6.45, 7) is 23.1. The fraction of sp³-hybridized carbons (Fsp3) is 0.368. The van der Waals surface area contributed by atoms with E-state index in [1.54, 1.807) is 50.3 Å². The van der Waals surface area contributed by atoms with E-state index in [9.17, 15) is 14.7 Å². The molecule has 2 aromatic heterocycles. The fourth-order valence-corrected chi connectivity index (χ4v) is 6.13. The Kier molecular flexibility index (Phi) is 6.98. The molecule has 2 aliphatic rings. The lowest BCUT2D eigenvalue weighted by atomic mass is 9.79. The lowest BCUT2D eigenvalue weighted by Gasteiger charge is -2.42. The minimum atomic E-state index is -1.21. The van der Waals surface area contributed by atoms with Crippen LogP contribution in [0.25, 0.3) is 28.0 Å². The van der Waals surface area contributed by atoms with E-state index in [1.165, 1.54) is 6.07 Å². The van der Waals surface area contributed by atoms with Crippen LogP contribution < -0.4 is 25.5 Å². The van der Waals surface area contributed by atoms with Gasteiger partial charge in [-0.05, 0) is 64.1 Å². The van der Waals surface area contributed by atoms with E-state index in [0.29, 0.717) is 50.3 Å². The minimum Gasteiger partial charge on any atom is -0.484 e. The highest BCUT2D eigenvalue weighted by molar-refractivity contribution is 5.96. The lowest BCUT2D eigenvalue weighted by molar-refractivity contribution is -0.102. The van der Waals surface area contributed by atoms with Gasteiger partial charge in [0.25, 0.3) is 0 Å². The summed E-state index contributed by atoms with van der Waals surface area (Å²) in [5.74, 6) is 1.22. The maximum Gasteiger partial charge on any atom is 0.340 e.